The highest BCUT2D eigenvalue weighted by molar-refractivity contribution is 5.98. The fourth-order valence-electron chi connectivity index (χ4n) is 2.65. The number of hydrogen-bond acceptors (Lipinski definition) is 5. The third-order valence-electron chi connectivity index (χ3n) is 3.84. The Hall–Kier alpha value is -2.89. The lowest BCUT2D eigenvalue weighted by Crippen LogP contribution is -2.21. The smallest absolute Gasteiger partial charge is 0.247 e. The molecular weight excluding hydrogens is 302 g/mol. The summed E-state index contributed by atoms with van der Waals surface area (Å²) in [6.45, 7) is 7.44. The number of nitrogens with zero attached hydrogens (tertiary/aromatic N) is 3. The Balaban J connectivity index is 1.73. The normalized spacial score (nSPS) is 13.6. The van der Waals surface area contributed by atoms with Gasteiger partial charge < -0.3 is 15.5 Å². The van der Waals surface area contributed by atoms with Gasteiger partial charge in [-0.1, -0.05) is 6.58 Å². The maximum absolute atomic E-state index is 11.3. The molecule has 1 aliphatic heterocycles. The minimum atomic E-state index is -0.225. The van der Waals surface area contributed by atoms with Crippen molar-refractivity contribution in [2.75, 3.05) is 28.6 Å². The zero-order chi connectivity index (χ0) is 16.9. The predicted molar refractivity (Wildman–Crippen MR) is 96.8 cm³/mol. The van der Waals surface area contributed by atoms with E-state index in [2.05, 4.69) is 32.1 Å². The predicted octanol–water partition coefficient (Wildman–Crippen LogP) is 3.25. The Kier molecular flexibility index (Phi) is 4.74. The van der Waals surface area contributed by atoms with E-state index in [4.69, 9.17) is 0 Å². The summed E-state index contributed by atoms with van der Waals surface area (Å²) in [5.41, 5.74) is 2.56. The zero-order valence-corrected chi connectivity index (χ0v) is 13.7. The molecule has 0 unspecified atom stereocenters. The van der Waals surface area contributed by atoms with Crippen LogP contribution in [0.3, 0.4) is 0 Å². The fourth-order valence-corrected chi connectivity index (χ4v) is 2.65. The summed E-state index contributed by atoms with van der Waals surface area (Å²) in [6, 6.07) is 9.38. The first-order valence-corrected chi connectivity index (χ1v) is 8.05. The van der Waals surface area contributed by atoms with Crippen LogP contribution in [-0.2, 0) is 4.79 Å². The van der Waals surface area contributed by atoms with Gasteiger partial charge in [-0.25, -0.2) is 4.98 Å². The topological polar surface area (TPSA) is 70.2 Å². The van der Waals surface area contributed by atoms with E-state index in [9.17, 15) is 4.79 Å². The molecule has 2 aromatic rings. The van der Waals surface area contributed by atoms with Gasteiger partial charge in [0.1, 0.15) is 5.82 Å². The third kappa shape index (κ3) is 3.90. The molecule has 1 aromatic heterocycles. The van der Waals surface area contributed by atoms with E-state index >= 15 is 0 Å². The van der Waals surface area contributed by atoms with Crippen LogP contribution in [0.4, 0.5) is 23.1 Å². The number of hydrogen-bond donors (Lipinski definition) is 2. The third-order valence-corrected chi connectivity index (χ3v) is 3.84. The van der Waals surface area contributed by atoms with Gasteiger partial charge in [-0.15, -0.1) is 0 Å². The Morgan fingerprint density at radius 1 is 1.17 bits per heavy atom. The van der Waals surface area contributed by atoms with Crippen LogP contribution in [0.1, 0.15) is 18.5 Å². The summed E-state index contributed by atoms with van der Waals surface area (Å²) in [7, 11) is 0. The lowest BCUT2D eigenvalue weighted by Gasteiger charge is -2.17. The Morgan fingerprint density at radius 3 is 2.50 bits per heavy atom. The molecule has 0 atom stereocenters. The van der Waals surface area contributed by atoms with Gasteiger partial charge >= 0.3 is 0 Å². The largest absolute Gasteiger partial charge is 0.341 e. The standard InChI is InChI=1S/C18H21N5O/c1-3-17(24)21-15-8-6-14(7-9-15)20-16-12-13(2)19-18(22-16)23-10-4-5-11-23/h3,6-9,12H,1,4-5,10-11H2,2H3,(H,21,24)(H,19,20,22). The molecule has 0 saturated carbocycles. The molecule has 1 aromatic carbocycles. The molecule has 0 radical (unpaired) electrons. The van der Waals surface area contributed by atoms with E-state index in [-0.39, 0.29) is 5.91 Å². The molecule has 1 amide bonds. The lowest BCUT2D eigenvalue weighted by molar-refractivity contribution is -0.111. The molecule has 0 aliphatic carbocycles. The molecule has 3 rings (SSSR count). The first kappa shape index (κ1) is 16.0. The van der Waals surface area contributed by atoms with Crippen molar-refractivity contribution in [3.8, 4) is 0 Å². The molecule has 24 heavy (non-hydrogen) atoms. The van der Waals surface area contributed by atoms with Crippen molar-refractivity contribution in [3.63, 3.8) is 0 Å². The Bertz CT molecular complexity index is 736. The van der Waals surface area contributed by atoms with Gasteiger partial charge in [-0.3, -0.25) is 4.79 Å². The highest BCUT2D eigenvalue weighted by Crippen LogP contribution is 2.22. The molecule has 2 N–H and O–H groups in total. The van der Waals surface area contributed by atoms with Crippen LogP contribution < -0.4 is 15.5 Å². The number of nitrogens with one attached hydrogen (secondary N) is 2. The molecule has 1 aliphatic rings. The molecule has 124 valence electrons. The monoisotopic (exact) mass is 323 g/mol. The number of anilines is 4. The molecule has 6 heteroatoms. The number of carbonyl (C=O) groups excluding carboxylic acids is 1. The molecule has 1 saturated heterocycles. The summed E-state index contributed by atoms with van der Waals surface area (Å²) in [5.74, 6) is 1.33. The second-order valence-corrected chi connectivity index (χ2v) is 5.78. The van der Waals surface area contributed by atoms with Crippen molar-refractivity contribution in [1.29, 1.82) is 0 Å². The van der Waals surface area contributed by atoms with E-state index in [1.54, 1.807) is 0 Å². The first-order chi connectivity index (χ1) is 11.6. The first-order valence-electron chi connectivity index (χ1n) is 8.05. The van der Waals surface area contributed by atoms with Gasteiger partial charge in [-0.05, 0) is 50.1 Å². The minimum absolute atomic E-state index is 0.225. The van der Waals surface area contributed by atoms with Gasteiger partial charge in [0.15, 0.2) is 0 Å². The summed E-state index contributed by atoms with van der Waals surface area (Å²) in [4.78, 5) is 22.7. The number of aryl methyl sites for hydroxylation is 1. The van der Waals surface area contributed by atoms with E-state index in [1.165, 1.54) is 18.9 Å². The number of aromatic nitrogens is 2. The van der Waals surface area contributed by atoms with Crippen LogP contribution in [0.5, 0.6) is 0 Å². The molecule has 0 bridgehead atoms. The second-order valence-electron chi connectivity index (χ2n) is 5.78. The maximum atomic E-state index is 11.3. The van der Waals surface area contributed by atoms with E-state index in [1.807, 2.05) is 37.3 Å². The summed E-state index contributed by atoms with van der Waals surface area (Å²) in [6.07, 6.45) is 3.63. The number of amides is 1. The van der Waals surface area contributed by atoms with E-state index < -0.39 is 0 Å². The molecule has 0 spiro atoms. The quantitative estimate of drug-likeness (QED) is 0.827. The second kappa shape index (κ2) is 7.12. The van der Waals surface area contributed by atoms with Gasteiger partial charge in [0.2, 0.25) is 11.9 Å². The number of carbonyl (C=O) groups is 1. The maximum Gasteiger partial charge on any atom is 0.247 e. The Morgan fingerprint density at radius 2 is 1.83 bits per heavy atom. The SMILES string of the molecule is C=CC(=O)Nc1ccc(Nc2cc(C)nc(N3CCCC3)n2)cc1. The van der Waals surface area contributed by atoms with Crippen LogP contribution in [0.15, 0.2) is 43.0 Å². The summed E-state index contributed by atoms with van der Waals surface area (Å²) < 4.78 is 0. The fraction of sp³-hybridized carbons (Fsp3) is 0.278. The summed E-state index contributed by atoms with van der Waals surface area (Å²) in [5, 5.41) is 6.01. The minimum Gasteiger partial charge on any atom is -0.341 e. The van der Waals surface area contributed by atoms with Crippen LogP contribution in [0.2, 0.25) is 0 Å². The van der Waals surface area contributed by atoms with Crippen LogP contribution in [0.25, 0.3) is 0 Å². The van der Waals surface area contributed by atoms with Crippen LogP contribution in [-0.4, -0.2) is 29.0 Å². The van der Waals surface area contributed by atoms with Crippen molar-refractivity contribution in [2.45, 2.75) is 19.8 Å². The zero-order valence-electron chi connectivity index (χ0n) is 13.7. The number of benzene rings is 1. The van der Waals surface area contributed by atoms with E-state index in [0.717, 1.165) is 41.9 Å². The van der Waals surface area contributed by atoms with Crippen molar-refractivity contribution >= 4 is 29.0 Å². The van der Waals surface area contributed by atoms with E-state index in [0.29, 0.717) is 0 Å². The van der Waals surface area contributed by atoms with Crippen molar-refractivity contribution in [2.24, 2.45) is 0 Å². The number of rotatable bonds is 5. The highest BCUT2D eigenvalue weighted by Gasteiger charge is 2.15. The van der Waals surface area contributed by atoms with Crippen molar-refractivity contribution in [3.05, 3.63) is 48.7 Å². The van der Waals surface area contributed by atoms with Crippen LogP contribution in [0, 0.1) is 6.92 Å². The van der Waals surface area contributed by atoms with Crippen LogP contribution >= 0.6 is 0 Å². The van der Waals surface area contributed by atoms with Crippen molar-refractivity contribution in [1.82, 2.24) is 9.97 Å². The average molecular weight is 323 g/mol. The van der Waals surface area contributed by atoms with Gasteiger partial charge in [0.05, 0.1) is 0 Å². The highest BCUT2D eigenvalue weighted by atomic mass is 16.1. The average Bonchev–Trinajstić information content (AvgIpc) is 3.10. The van der Waals surface area contributed by atoms with Gasteiger partial charge in [-0.2, -0.15) is 4.98 Å². The molecule has 2 heterocycles. The van der Waals surface area contributed by atoms with Crippen molar-refractivity contribution < 1.29 is 4.79 Å². The lowest BCUT2D eigenvalue weighted by atomic mass is 10.2. The van der Waals surface area contributed by atoms with Gasteiger partial charge in [0, 0.05) is 36.2 Å². The Labute approximate surface area is 141 Å². The molecular formula is C18H21N5O. The summed E-state index contributed by atoms with van der Waals surface area (Å²) >= 11 is 0. The molecule has 1 fully saturated rings. The molecule has 6 nitrogen and oxygen atoms in total. The van der Waals surface area contributed by atoms with Gasteiger partial charge in [0.25, 0.3) is 0 Å².